The van der Waals surface area contributed by atoms with E-state index in [1.165, 1.54) is 0 Å². The quantitative estimate of drug-likeness (QED) is 0.818. The number of aromatic amines is 1. The Kier molecular flexibility index (Phi) is 2.64. The molecule has 0 unspecified atom stereocenters. The Morgan fingerprint density at radius 1 is 1.47 bits per heavy atom. The molecule has 1 aromatic heterocycles. The summed E-state index contributed by atoms with van der Waals surface area (Å²) in [5.41, 5.74) is 1.76. The van der Waals surface area contributed by atoms with Gasteiger partial charge in [-0.1, -0.05) is 29.4 Å². The van der Waals surface area contributed by atoms with Gasteiger partial charge in [-0.25, -0.2) is 4.79 Å². The molecule has 5 heteroatoms. The van der Waals surface area contributed by atoms with Crippen molar-refractivity contribution in [2.45, 2.75) is 6.61 Å². The zero-order chi connectivity index (χ0) is 10.7. The lowest BCUT2D eigenvalue weighted by Gasteiger charge is -2.04. The van der Waals surface area contributed by atoms with Gasteiger partial charge in [0.1, 0.15) is 0 Å². The molecule has 1 heterocycles. The van der Waals surface area contributed by atoms with Crippen molar-refractivity contribution in [3.8, 4) is 11.4 Å². The molecule has 2 rings (SSSR count). The summed E-state index contributed by atoms with van der Waals surface area (Å²) in [6, 6.07) is 7.52. The molecule has 5 nitrogen and oxygen atoms in total. The van der Waals surface area contributed by atoms with Gasteiger partial charge in [0.05, 0.1) is 6.61 Å². The molecular weight excluding hydrogens is 196 g/mol. The molecule has 1 aromatic carbocycles. The van der Waals surface area contributed by atoms with Gasteiger partial charge in [-0.15, -0.1) is 0 Å². The van der Waals surface area contributed by atoms with Crippen molar-refractivity contribution in [1.82, 2.24) is 10.1 Å². The minimum atomic E-state index is -0.558. The van der Waals surface area contributed by atoms with Gasteiger partial charge in [-0.05, 0) is 5.56 Å². The van der Waals surface area contributed by atoms with Crippen LogP contribution in [0.5, 0.6) is 0 Å². The van der Waals surface area contributed by atoms with Crippen LogP contribution in [-0.2, 0) is 11.3 Å². The highest BCUT2D eigenvalue weighted by atomic mass is 16.5. The van der Waals surface area contributed by atoms with Crippen molar-refractivity contribution >= 4 is 0 Å². The van der Waals surface area contributed by atoms with Gasteiger partial charge in [-0.3, -0.25) is 9.51 Å². The van der Waals surface area contributed by atoms with Gasteiger partial charge in [0.15, 0.2) is 5.82 Å². The molecule has 0 radical (unpaired) electrons. The highest BCUT2D eigenvalue weighted by Gasteiger charge is 2.08. The summed E-state index contributed by atoms with van der Waals surface area (Å²) in [5, 5.41) is 3.63. The number of methoxy groups -OCH3 is 1. The summed E-state index contributed by atoms with van der Waals surface area (Å²) in [4.78, 5) is 13.3. The van der Waals surface area contributed by atoms with E-state index in [4.69, 9.17) is 4.74 Å². The van der Waals surface area contributed by atoms with Crippen molar-refractivity contribution in [2.75, 3.05) is 7.11 Å². The largest absolute Gasteiger partial charge is 0.439 e. The average molecular weight is 206 g/mol. The Labute approximate surface area is 85.7 Å². The first kappa shape index (κ1) is 9.67. The number of hydrogen-bond donors (Lipinski definition) is 1. The van der Waals surface area contributed by atoms with Crippen LogP contribution in [0.3, 0.4) is 0 Å². The van der Waals surface area contributed by atoms with E-state index < -0.39 is 5.76 Å². The lowest BCUT2D eigenvalue weighted by Crippen LogP contribution is -1.97. The monoisotopic (exact) mass is 206 g/mol. The van der Waals surface area contributed by atoms with Crippen LogP contribution < -0.4 is 5.76 Å². The standard InChI is InChI=1S/C10H10N2O3/c1-14-6-7-4-2-3-5-8(7)9-11-10(13)15-12-9/h2-5H,6H2,1H3,(H,11,12,13). The van der Waals surface area contributed by atoms with E-state index in [9.17, 15) is 4.79 Å². The maximum absolute atomic E-state index is 10.8. The number of benzene rings is 1. The number of rotatable bonds is 3. The fourth-order valence-corrected chi connectivity index (χ4v) is 1.38. The average Bonchev–Trinajstić information content (AvgIpc) is 2.66. The molecule has 0 spiro atoms. The SMILES string of the molecule is COCc1ccccc1-c1noc(=O)[nH]1. The molecule has 0 atom stereocenters. The Morgan fingerprint density at radius 3 is 2.93 bits per heavy atom. The summed E-state index contributed by atoms with van der Waals surface area (Å²) >= 11 is 0. The molecule has 0 bridgehead atoms. The molecule has 0 saturated carbocycles. The second-order valence-corrected chi connectivity index (χ2v) is 3.03. The maximum atomic E-state index is 10.8. The van der Waals surface area contributed by atoms with Crippen molar-refractivity contribution in [1.29, 1.82) is 0 Å². The number of H-pyrrole nitrogens is 1. The predicted octanol–water partition coefficient (Wildman–Crippen LogP) is 1.18. The summed E-state index contributed by atoms with van der Waals surface area (Å²) < 4.78 is 9.50. The van der Waals surface area contributed by atoms with Crippen LogP contribution in [0, 0.1) is 0 Å². The van der Waals surface area contributed by atoms with Crippen LogP contribution in [0.25, 0.3) is 11.4 Å². The van der Waals surface area contributed by atoms with Crippen molar-refractivity contribution in [3.63, 3.8) is 0 Å². The van der Waals surface area contributed by atoms with Crippen LogP contribution >= 0.6 is 0 Å². The first-order valence-corrected chi connectivity index (χ1v) is 4.44. The smallest absolute Gasteiger partial charge is 0.380 e. The Bertz CT molecular complexity index is 501. The van der Waals surface area contributed by atoms with Crippen molar-refractivity contribution < 1.29 is 9.26 Å². The van der Waals surface area contributed by atoms with Gasteiger partial charge in [0.25, 0.3) is 0 Å². The van der Waals surface area contributed by atoms with E-state index in [1.807, 2.05) is 24.3 Å². The molecule has 0 saturated heterocycles. The first-order chi connectivity index (χ1) is 7.31. The third-order valence-corrected chi connectivity index (χ3v) is 2.01. The molecule has 0 aliphatic heterocycles. The van der Waals surface area contributed by atoms with E-state index in [2.05, 4.69) is 14.7 Å². The molecule has 78 valence electrons. The highest BCUT2D eigenvalue weighted by Crippen LogP contribution is 2.19. The topological polar surface area (TPSA) is 68.1 Å². The summed E-state index contributed by atoms with van der Waals surface area (Å²) in [7, 11) is 1.61. The molecule has 2 aromatic rings. The van der Waals surface area contributed by atoms with Crippen LogP contribution in [0.2, 0.25) is 0 Å². The molecule has 0 amide bonds. The number of ether oxygens (including phenoxy) is 1. The zero-order valence-corrected chi connectivity index (χ0v) is 8.19. The minimum absolute atomic E-state index is 0.424. The molecule has 0 fully saturated rings. The van der Waals surface area contributed by atoms with Crippen molar-refractivity contribution in [3.05, 3.63) is 40.4 Å². The van der Waals surface area contributed by atoms with Crippen LogP contribution in [0.4, 0.5) is 0 Å². The van der Waals surface area contributed by atoms with Gasteiger partial charge >= 0.3 is 5.76 Å². The van der Waals surface area contributed by atoms with E-state index in [0.29, 0.717) is 12.4 Å². The molecule has 1 N–H and O–H groups in total. The lowest BCUT2D eigenvalue weighted by molar-refractivity contribution is 0.185. The summed E-state index contributed by atoms with van der Waals surface area (Å²) in [6.45, 7) is 0.463. The minimum Gasteiger partial charge on any atom is -0.380 e. The van der Waals surface area contributed by atoms with Crippen LogP contribution in [0.15, 0.2) is 33.6 Å². The normalized spacial score (nSPS) is 10.5. The predicted molar refractivity (Wildman–Crippen MR) is 53.3 cm³/mol. The summed E-state index contributed by atoms with van der Waals surface area (Å²) in [5.74, 6) is -0.134. The molecule has 15 heavy (non-hydrogen) atoms. The summed E-state index contributed by atoms with van der Waals surface area (Å²) in [6.07, 6.45) is 0. The second-order valence-electron chi connectivity index (χ2n) is 3.03. The fraction of sp³-hybridized carbons (Fsp3) is 0.200. The first-order valence-electron chi connectivity index (χ1n) is 4.44. The number of aromatic nitrogens is 2. The Morgan fingerprint density at radius 2 is 2.27 bits per heavy atom. The van der Waals surface area contributed by atoms with Gasteiger partial charge < -0.3 is 4.74 Å². The number of hydrogen-bond acceptors (Lipinski definition) is 4. The zero-order valence-electron chi connectivity index (χ0n) is 8.19. The molecule has 0 aliphatic rings. The van der Waals surface area contributed by atoms with Crippen LogP contribution in [-0.4, -0.2) is 17.3 Å². The lowest BCUT2D eigenvalue weighted by atomic mass is 10.1. The second kappa shape index (κ2) is 4.10. The number of nitrogens with zero attached hydrogens (tertiary/aromatic N) is 1. The van der Waals surface area contributed by atoms with Gasteiger partial charge in [-0.2, -0.15) is 0 Å². The van der Waals surface area contributed by atoms with E-state index in [-0.39, 0.29) is 0 Å². The maximum Gasteiger partial charge on any atom is 0.439 e. The van der Waals surface area contributed by atoms with Crippen LogP contribution in [0.1, 0.15) is 5.56 Å². The van der Waals surface area contributed by atoms with Gasteiger partial charge in [0.2, 0.25) is 0 Å². The third-order valence-electron chi connectivity index (χ3n) is 2.01. The molecule has 0 aliphatic carbocycles. The van der Waals surface area contributed by atoms with Gasteiger partial charge in [0, 0.05) is 12.7 Å². The Hall–Kier alpha value is -1.88. The molecular formula is C10H10N2O3. The van der Waals surface area contributed by atoms with E-state index >= 15 is 0 Å². The highest BCUT2D eigenvalue weighted by molar-refractivity contribution is 5.59. The van der Waals surface area contributed by atoms with E-state index in [0.717, 1.165) is 11.1 Å². The fourth-order valence-electron chi connectivity index (χ4n) is 1.38. The Balaban J connectivity index is 2.47. The number of nitrogens with one attached hydrogen (secondary N) is 1. The third kappa shape index (κ3) is 1.97. The van der Waals surface area contributed by atoms with E-state index in [1.54, 1.807) is 7.11 Å². The van der Waals surface area contributed by atoms with Crippen molar-refractivity contribution in [2.24, 2.45) is 0 Å².